The second-order valence-electron chi connectivity index (χ2n) is 23.2. The lowest BCUT2D eigenvalue weighted by Gasteiger charge is -2.37. The van der Waals surface area contributed by atoms with Gasteiger partial charge in [-0.05, 0) is 157 Å². The van der Waals surface area contributed by atoms with Crippen molar-refractivity contribution in [2.75, 3.05) is 0 Å². The third-order valence-corrected chi connectivity index (χ3v) is 11.7. The maximum absolute atomic E-state index is 2.49. The van der Waals surface area contributed by atoms with E-state index in [-0.39, 0.29) is 32.5 Å². The highest BCUT2D eigenvalue weighted by Gasteiger charge is 2.36. The first kappa shape index (κ1) is 43.6. The second-order valence-corrected chi connectivity index (χ2v) is 23.2. The molecule has 4 rings (SSSR count). The molecule has 294 valence electrons. The zero-order valence-electron chi connectivity index (χ0n) is 39.5. The smallest absolute Gasteiger partial charge is 0.0103 e. The van der Waals surface area contributed by atoms with Crippen molar-refractivity contribution in [2.24, 2.45) is 0 Å². The Bertz CT molecular complexity index is 1710. The topological polar surface area (TPSA) is 0 Å². The molecule has 0 aromatic heterocycles. The van der Waals surface area contributed by atoms with Gasteiger partial charge in [0.1, 0.15) is 0 Å². The molecule has 0 radical (unpaired) electrons. The molecule has 0 nitrogen and oxygen atoms in total. The minimum Gasteiger partial charge on any atom is -0.0561 e. The van der Waals surface area contributed by atoms with Crippen LogP contribution in [0.5, 0.6) is 0 Å². The van der Waals surface area contributed by atoms with Crippen LogP contribution in [0, 0.1) is 41.5 Å². The molecule has 0 unspecified atom stereocenters. The summed E-state index contributed by atoms with van der Waals surface area (Å²) in [5, 5.41) is 0. The third kappa shape index (κ3) is 8.20. The highest BCUT2D eigenvalue weighted by Crippen LogP contribution is 2.54. The maximum Gasteiger partial charge on any atom is -0.0103 e. The van der Waals surface area contributed by atoms with E-state index < -0.39 is 0 Å². The van der Waals surface area contributed by atoms with E-state index in [4.69, 9.17) is 0 Å². The molecular formula is C54H78. The Morgan fingerprint density at radius 2 is 0.352 bits per heavy atom. The highest BCUT2D eigenvalue weighted by atomic mass is 14.4. The predicted octanol–water partition coefficient (Wildman–Crippen LogP) is 16.3. The van der Waals surface area contributed by atoms with E-state index in [0.717, 1.165) is 0 Å². The largest absolute Gasteiger partial charge is 0.0561 e. The molecule has 0 saturated heterocycles. The summed E-state index contributed by atoms with van der Waals surface area (Å²) in [6, 6.07) is 14.9. The van der Waals surface area contributed by atoms with Gasteiger partial charge in [-0.2, -0.15) is 0 Å². The molecule has 54 heavy (non-hydrogen) atoms. The quantitative estimate of drug-likeness (QED) is 0.197. The van der Waals surface area contributed by atoms with Crippen LogP contribution in [0.25, 0.3) is 33.4 Å². The SMILES string of the molecule is Cc1cc(C(C)(C)C)c(-c2c(C)c(-c3c(C(C)(C)C)cc(C)cc3C(C)(C)C)c(C)c(-c3c(C(C)(C)C)cc(C)cc3C(C)(C)C)c2C)c(C(C)(C)C)c1. The van der Waals surface area contributed by atoms with Crippen LogP contribution in [-0.2, 0) is 32.5 Å². The Morgan fingerprint density at radius 3 is 0.463 bits per heavy atom. The Hall–Kier alpha value is -3.12. The molecule has 0 amide bonds. The van der Waals surface area contributed by atoms with Gasteiger partial charge in [0, 0.05) is 0 Å². The van der Waals surface area contributed by atoms with Gasteiger partial charge in [0.25, 0.3) is 0 Å². The summed E-state index contributed by atoms with van der Waals surface area (Å²) >= 11 is 0. The van der Waals surface area contributed by atoms with Gasteiger partial charge in [-0.1, -0.05) is 178 Å². The molecular weight excluding hydrogens is 649 g/mol. The summed E-state index contributed by atoms with van der Waals surface area (Å²) in [6.45, 7) is 57.5. The Morgan fingerprint density at radius 1 is 0.222 bits per heavy atom. The fraction of sp³-hybridized carbons (Fsp3) is 0.556. The van der Waals surface area contributed by atoms with Gasteiger partial charge in [-0.25, -0.2) is 0 Å². The van der Waals surface area contributed by atoms with Crippen LogP contribution in [0.3, 0.4) is 0 Å². The van der Waals surface area contributed by atoms with E-state index in [1.807, 2.05) is 0 Å². The lowest BCUT2D eigenvalue weighted by Crippen LogP contribution is -2.23. The monoisotopic (exact) mass is 727 g/mol. The first-order chi connectivity index (χ1) is 24.1. The molecule has 0 heteroatoms. The minimum atomic E-state index is -0.0561. The van der Waals surface area contributed by atoms with Gasteiger partial charge < -0.3 is 0 Å². The number of aryl methyl sites for hydroxylation is 3. The van der Waals surface area contributed by atoms with Crippen LogP contribution in [0.2, 0.25) is 0 Å². The molecule has 0 aliphatic carbocycles. The number of benzene rings is 4. The van der Waals surface area contributed by atoms with Gasteiger partial charge in [-0.15, -0.1) is 0 Å². The third-order valence-electron chi connectivity index (χ3n) is 11.7. The van der Waals surface area contributed by atoms with Crippen LogP contribution in [0.4, 0.5) is 0 Å². The molecule has 0 aliphatic heterocycles. The van der Waals surface area contributed by atoms with Gasteiger partial charge >= 0.3 is 0 Å². The standard InChI is InChI=1S/C54H78/c1-31-25-37(49(7,8)9)46(38(26-31)50(10,11)12)43-34(4)44(47-39(51(13,14)15)27-32(2)28-40(47)52(16,17)18)36(6)45(35(43)5)48-41(53(19,20)21)29-33(3)30-42(48)54(22,23)24/h25-30H,1-24H3. The van der Waals surface area contributed by atoms with E-state index in [2.05, 4.69) is 203 Å². The van der Waals surface area contributed by atoms with Crippen molar-refractivity contribution in [1.82, 2.24) is 0 Å². The average molecular weight is 727 g/mol. The Balaban J connectivity index is 2.60. The number of rotatable bonds is 3. The Kier molecular flexibility index (Phi) is 11.2. The summed E-state index contributed by atoms with van der Waals surface area (Å²) in [7, 11) is 0. The van der Waals surface area contributed by atoms with E-state index >= 15 is 0 Å². The maximum atomic E-state index is 2.49. The normalized spacial score (nSPS) is 13.6. The Labute approximate surface area is 334 Å². The van der Waals surface area contributed by atoms with E-state index in [1.165, 1.54) is 100 Å². The first-order valence-electron chi connectivity index (χ1n) is 20.7. The predicted molar refractivity (Wildman–Crippen MR) is 243 cm³/mol. The van der Waals surface area contributed by atoms with Crippen molar-refractivity contribution in [3.05, 3.63) is 103 Å². The van der Waals surface area contributed by atoms with E-state index in [1.54, 1.807) is 0 Å². The highest BCUT2D eigenvalue weighted by molar-refractivity contribution is 5.96. The van der Waals surface area contributed by atoms with Gasteiger partial charge in [0.05, 0.1) is 0 Å². The van der Waals surface area contributed by atoms with Crippen molar-refractivity contribution < 1.29 is 0 Å². The molecule has 0 atom stereocenters. The summed E-state index contributed by atoms with van der Waals surface area (Å²) in [6.07, 6.45) is 0. The fourth-order valence-electron chi connectivity index (χ4n) is 9.06. The molecule has 0 heterocycles. The van der Waals surface area contributed by atoms with Gasteiger partial charge in [0.2, 0.25) is 0 Å². The van der Waals surface area contributed by atoms with Crippen molar-refractivity contribution in [2.45, 2.75) is 199 Å². The minimum absolute atomic E-state index is 0.0561. The molecule has 4 aromatic carbocycles. The van der Waals surface area contributed by atoms with Crippen LogP contribution in [0.15, 0.2) is 36.4 Å². The molecule has 0 fully saturated rings. The lowest BCUT2D eigenvalue weighted by molar-refractivity contribution is 0.570. The average Bonchev–Trinajstić information content (AvgIpc) is 2.95. The van der Waals surface area contributed by atoms with Crippen LogP contribution in [-0.4, -0.2) is 0 Å². The summed E-state index contributed by atoms with van der Waals surface area (Å²) in [5.74, 6) is 0. The number of hydrogen-bond acceptors (Lipinski definition) is 0. The van der Waals surface area contributed by atoms with Gasteiger partial charge in [-0.3, -0.25) is 0 Å². The van der Waals surface area contributed by atoms with Crippen molar-refractivity contribution >= 4 is 0 Å². The van der Waals surface area contributed by atoms with Crippen LogP contribution in [0.1, 0.15) is 191 Å². The molecule has 0 aliphatic rings. The summed E-state index contributed by atoms with van der Waals surface area (Å²) in [5.41, 5.74) is 25.0. The van der Waals surface area contributed by atoms with Crippen LogP contribution < -0.4 is 0 Å². The summed E-state index contributed by atoms with van der Waals surface area (Å²) < 4.78 is 0. The molecule has 0 spiro atoms. The molecule has 0 saturated carbocycles. The lowest BCUT2D eigenvalue weighted by atomic mass is 9.66. The molecule has 0 bridgehead atoms. The number of hydrogen-bond donors (Lipinski definition) is 0. The van der Waals surface area contributed by atoms with Crippen molar-refractivity contribution in [3.63, 3.8) is 0 Å². The fourth-order valence-corrected chi connectivity index (χ4v) is 9.06. The van der Waals surface area contributed by atoms with E-state index in [0.29, 0.717) is 0 Å². The van der Waals surface area contributed by atoms with E-state index in [9.17, 15) is 0 Å². The molecule has 0 N–H and O–H groups in total. The van der Waals surface area contributed by atoms with Gasteiger partial charge in [0.15, 0.2) is 0 Å². The first-order valence-corrected chi connectivity index (χ1v) is 20.7. The zero-order chi connectivity index (χ0) is 41.6. The molecule has 4 aromatic rings. The van der Waals surface area contributed by atoms with Crippen molar-refractivity contribution in [1.29, 1.82) is 0 Å². The van der Waals surface area contributed by atoms with Crippen LogP contribution >= 0.6 is 0 Å². The second kappa shape index (κ2) is 13.8. The summed E-state index contributed by atoms with van der Waals surface area (Å²) in [4.78, 5) is 0. The zero-order valence-corrected chi connectivity index (χ0v) is 39.5. The van der Waals surface area contributed by atoms with Crippen molar-refractivity contribution in [3.8, 4) is 33.4 Å².